The molecule has 84 heavy (non-hydrogen) atoms. The molecule has 482 valence electrons. The standard InChI is InChI=1S/C70H119NO13/c1-3-5-7-9-11-13-15-17-19-21-23-25-26-27-28-29-30-31-32-34-36-38-40-42-44-46-48-50-52-54-62(75)71-58(59(74)53-51-49-47-45-43-41-39-37-35-33-24-22-20-18-16-14-12-10-8-6-4-2)57-81-69-67(80)65(78)68(61(56-73)83-69)84-70-66(79)64(77)63(76)60(55-72)82-70/h5,7,11,13,17,19,23,25,27-28,30-31,34,36,43,45,51,53,58-61,63-70,72-74,76-80H,3-4,6,8-10,12,14-16,18,20-22,24,26,29,32-33,35,37-42,44,46-50,52,54-57H2,1-2H3,(H,71,75)/b7-5-,13-11-,19-17-,25-23-,28-27-,31-30-,36-34-,45-43+,53-51+. The second-order valence-corrected chi connectivity index (χ2v) is 22.9. The number of amides is 1. The second kappa shape index (κ2) is 53.9. The van der Waals surface area contributed by atoms with Crippen molar-refractivity contribution >= 4 is 5.91 Å². The van der Waals surface area contributed by atoms with Crippen molar-refractivity contribution in [2.75, 3.05) is 19.8 Å². The van der Waals surface area contributed by atoms with Gasteiger partial charge in [-0.2, -0.15) is 0 Å². The average molecular weight is 1180 g/mol. The summed E-state index contributed by atoms with van der Waals surface area (Å²) in [5.74, 6) is -0.264. The highest BCUT2D eigenvalue weighted by Gasteiger charge is 2.51. The van der Waals surface area contributed by atoms with E-state index >= 15 is 0 Å². The van der Waals surface area contributed by atoms with Gasteiger partial charge in [-0.05, 0) is 89.9 Å². The minimum Gasteiger partial charge on any atom is -0.394 e. The first-order valence-corrected chi connectivity index (χ1v) is 33.1. The van der Waals surface area contributed by atoms with Gasteiger partial charge in [-0.1, -0.05) is 245 Å². The van der Waals surface area contributed by atoms with Crippen LogP contribution in [0.4, 0.5) is 0 Å². The molecule has 1 amide bonds. The molecule has 0 aromatic carbocycles. The topological polar surface area (TPSA) is 228 Å². The Morgan fingerprint density at radius 2 is 0.833 bits per heavy atom. The number of aliphatic hydroxyl groups excluding tert-OH is 8. The van der Waals surface area contributed by atoms with Gasteiger partial charge in [-0.25, -0.2) is 0 Å². The number of carbonyl (C=O) groups excluding carboxylic acids is 1. The Morgan fingerprint density at radius 3 is 1.31 bits per heavy atom. The number of aliphatic hydroxyl groups is 8. The molecule has 0 aliphatic carbocycles. The number of hydrogen-bond donors (Lipinski definition) is 9. The molecule has 0 bridgehead atoms. The normalized spacial score (nSPS) is 24.4. The van der Waals surface area contributed by atoms with Crippen molar-refractivity contribution < 1.29 is 64.6 Å². The van der Waals surface area contributed by atoms with E-state index in [9.17, 15) is 45.6 Å². The van der Waals surface area contributed by atoms with Gasteiger partial charge >= 0.3 is 0 Å². The van der Waals surface area contributed by atoms with E-state index in [2.05, 4.69) is 116 Å². The van der Waals surface area contributed by atoms with Crippen LogP contribution < -0.4 is 5.32 Å². The number of ether oxygens (including phenoxy) is 4. The maximum absolute atomic E-state index is 13.3. The van der Waals surface area contributed by atoms with Crippen molar-refractivity contribution in [2.45, 2.75) is 306 Å². The predicted octanol–water partition coefficient (Wildman–Crippen LogP) is 12.8. The first-order valence-electron chi connectivity index (χ1n) is 33.1. The van der Waals surface area contributed by atoms with Crippen LogP contribution in [-0.4, -0.2) is 140 Å². The Labute approximate surface area is 508 Å². The first-order chi connectivity index (χ1) is 41.1. The van der Waals surface area contributed by atoms with Crippen molar-refractivity contribution in [1.82, 2.24) is 5.32 Å². The summed E-state index contributed by atoms with van der Waals surface area (Å²) in [4.78, 5) is 13.3. The lowest BCUT2D eigenvalue weighted by molar-refractivity contribution is -0.359. The fourth-order valence-corrected chi connectivity index (χ4v) is 10.2. The van der Waals surface area contributed by atoms with Gasteiger partial charge in [0.1, 0.15) is 48.8 Å². The molecular formula is C70H119NO13. The van der Waals surface area contributed by atoms with Crippen LogP contribution in [0.1, 0.15) is 232 Å². The lowest BCUT2D eigenvalue weighted by atomic mass is 9.97. The van der Waals surface area contributed by atoms with E-state index in [4.69, 9.17) is 18.9 Å². The molecule has 2 aliphatic heterocycles. The van der Waals surface area contributed by atoms with Gasteiger partial charge < -0.3 is 65.1 Å². The van der Waals surface area contributed by atoms with E-state index in [-0.39, 0.29) is 18.9 Å². The molecule has 0 radical (unpaired) electrons. The molecular weight excluding hydrogens is 1060 g/mol. The fourth-order valence-electron chi connectivity index (χ4n) is 10.2. The van der Waals surface area contributed by atoms with Gasteiger partial charge in [0.25, 0.3) is 0 Å². The molecule has 9 N–H and O–H groups in total. The molecule has 0 spiro atoms. The molecule has 14 nitrogen and oxygen atoms in total. The Hall–Kier alpha value is -3.35. The summed E-state index contributed by atoms with van der Waals surface area (Å²) in [6.07, 6.45) is 59.8. The van der Waals surface area contributed by atoms with Crippen LogP contribution in [0.25, 0.3) is 0 Å². The van der Waals surface area contributed by atoms with Crippen molar-refractivity contribution in [2.24, 2.45) is 0 Å². The number of rotatable bonds is 52. The summed E-state index contributed by atoms with van der Waals surface area (Å²) in [5.41, 5.74) is 0. The molecule has 2 fully saturated rings. The number of carbonyl (C=O) groups is 1. The van der Waals surface area contributed by atoms with Crippen LogP contribution in [0, 0.1) is 0 Å². The highest BCUT2D eigenvalue weighted by molar-refractivity contribution is 5.76. The third-order valence-corrected chi connectivity index (χ3v) is 15.4. The zero-order chi connectivity index (χ0) is 60.9. The van der Waals surface area contributed by atoms with Gasteiger partial charge in [0.15, 0.2) is 12.6 Å². The van der Waals surface area contributed by atoms with Gasteiger partial charge in [0, 0.05) is 6.42 Å². The summed E-state index contributed by atoms with van der Waals surface area (Å²) >= 11 is 0. The molecule has 14 heteroatoms. The summed E-state index contributed by atoms with van der Waals surface area (Å²) in [7, 11) is 0. The van der Waals surface area contributed by atoms with E-state index in [0.717, 1.165) is 103 Å². The number of hydrogen-bond acceptors (Lipinski definition) is 13. The second-order valence-electron chi connectivity index (χ2n) is 22.9. The zero-order valence-corrected chi connectivity index (χ0v) is 52.1. The largest absolute Gasteiger partial charge is 0.394 e. The highest BCUT2D eigenvalue weighted by atomic mass is 16.7. The lowest BCUT2D eigenvalue weighted by Crippen LogP contribution is -2.65. The van der Waals surface area contributed by atoms with E-state index < -0.39 is 86.8 Å². The SMILES string of the molecule is CC/C=C\C/C=C\C/C=C\C/C=C\C/C=C\C/C=C\C/C=C\CCCCCCCCCC(=O)NC(COC1OC(CO)C(OC2OC(CO)C(O)C(O)C2O)C(O)C1O)C(O)/C=C/CC/C=C/CCCCCCCCCCCCCCCCC. The fraction of sp³-hybridized carbons (Fsp3) is 0.729. The average Bonchev–Trinajstić information content (AvgIpc) is 3.24. The number of nitrogens with one attached hydrogen (secondary N) is 1. The van der Waals surface area contributed by atoms with Crippen molar-refractivity contribution in [3.8, 4) is 0 Å². The maximum Gasteiger partial charge on any atom is 0.220 e. The van der Waals surface area contributed by atoms with Crippen LogP contribution >= 0.6 is 0 Å². The van der Waals surface area contributed by atoms with Crippen LogP contribution in [0.15, 0.2) is 109 Å². The third kappa shape index (κ3) is 38.0. The smallest absolute Gasteiger partial charge is 0.220 e. The zero-order valence-electron chi connectivity index (χ0n) is 52.1. The van der Waals surface area contributed by atoms with Crippen LogP contribution in [0.5, 0.6) is 0 Å². The van der Waals surface area contributed by atoms with Crippen LogP contribution in [0.3, 0.4) is 0 Å². The predicted molar refractivity (Wildman–Crippen MR) is 341 cm³/mol. The minimum absolute atomic E-state index is 0.253. The van der Waals surface area contributed by atoms with Crippen molar-refractivity contribution in [1.29, 1.82) is 0 Å². The number of allylic oxidation sites excluding steroid dienone is 17. The first kappa shape index (κ1) is 76.7. The van der Waals surface area contributed by atoms with E-state index in [0.29, 0.717) is 12.8 Å². The highest BCUT2D eigenvalue weighted by Crippen LogP contribution is 2.30. The van der Waals surface area contributed by atoms with Crippen LogP contribution in [-0.2, 0) is 23.7 Å². The molecule has 0 saturated carbocycles. The molecule has 2 saturated heterocycles. The van der Waals surface area contributed by atoms with Gasteiger partial charge in [0.2, 0.25) is 5.91 Å². The van der Waals surface area contributed by atoms with Crippen molar-refractivity contribution in [3.05, 3.63) is 109 Å². The van der Waals surface area contributed by atoms with Crippen molar-refractivity contribution in [3.63, 3.8) is 0 Å². The van der Waals surface area contributed by atoms with Gasteiger partial charge in [0.05, 0.1) is 32.0 Å². The lowest BCUT2D eigenvalue weighted by Gasteiger charge is -2.46. The minimum atomic E-state index is -1.80. The quantitative estimate of drug-likeness (QED) is 0.0204. The molecule has 0 aromatic heterocycles. The molecule has 0 aromatic rings. The Bertz CT molecular complexity index is 1820. The summed E-state index contributed by atoms with van der Waals surface area (Å²) in [6.45, 7) is 2.66. The van der Waals surface area contributed by atoms with Gasteiger partial charge in [-0.15, -0.1) is 0 Å². The van der Waals surface area contributed by atoms with Crippen LogP contribution in [0.2, 0.25) is 0 Å². The molecule has 2 rings (SSSR count). The summed E-state index contributed by atoms with van der Waals surface area (Å²) in [5, 5.41) is 87.3. The molecule has 2 aliphatic rings. The summed E-state index contributed by atoms with van der Waals surface area (Å²) < 4.78 is 22.8. The molecule has 12 unspecified atom stereocenters. The Kier molecular flexibility index (Phi) is 49.2. The van der Waals surface area contributed by atoms with E-state index in [1.807, 2.05) is 6.08 Å². The van der Waals surface area contributed by atoms with Gasteiger partial charge in [-0.3, -0.25) is 4.79 Å². The maximum atomic E-state index is 13.3. The summed E-state index contributed by atoms with van der Waals surface area (Å²) in [6, 6.07) is -0.947. The molecule has 12 atom stereocenters. The monoisotopic (exact) mass is 1180 g/mol. The Morgan fingerprint density at radius 1 is 0.440 bits per heavy atom. The van der Waals surface area contributed by atoms with E-state index in [1.165, 1.54) is 96.3 Å². The number of unbranched alkanes of at least 4 members (excludes halogenated alkanes) is 23. The Balaban J connectivity index is 1.74. The van der Waals surface area contributed by atoms with E-state index in [1.54, 1.807) is 6.08 Å². The third-order valence-electron chi connectivity index (χ3n) is 15.4. The molecule has 2 heterocycles.